The molecule has 0 radical (unpaired) electrons. The van der Waals surface area contributed by atoms with E-state index in [4.69, 9.17) is 0 Å². The van der Waals surface area contributed by atoms with Gasteiger partial charge in [-0.15, -0.1) is 0 Å². The maximum atomic E-state index is 4.06. The van der Waals surface area contributed by atoms with Crippen LogP contribution in [0.2, 0.25) is 0 Å². The van der Waals surface area contributed by atoms with Gasteiger partial charge in [-0.3, -0.25) is 0 Å². The molecule has 62 valence electrons. The maximum absolute atomic E-state index is 4.06. The highest BCUT2D eigenvalue weighted by Gasteiger charge is 2.09. The average molecular weight is 151 g/mol. The second kappa shape index (κ2) is 3.72. The number of hydrogen-bond acceptors (Lipinski definition) is 1. The van der Waals surface area contributed by atoms with Gasteiger partial charge >= 0.3 is 0 Å². The normalized spacial score (nSPS) is 18.7. The van der Waals surface area contributed by atoms with E-state index in [-0.39, 0.29) is 0 Å². The van der Waals surface area contributed by atoms with Gasteiger partial charge in [0.1, 0.15) is 0 Å². The minimum Gasteiger partial charge on any atom is -0.313 e. The van der Waals surface area contributed by atoms with Crippen molar-refractivity contribution >= 4 is 0 Å². The van der Waals surface area contributed by atoms with E-state index in [9.17, 15) is 0 Å². The molecule has 0 aliphatic carbocycles. The van der Waals surface area contributed by atoms with Crippen molar-refractivity contribution < 1.29 is 0 Å². The van der Waals surface area contributed by atoms with Crippen molar-refractivity contribution in [2.24, 2.45) is 0 Å². The molecular weight excluding hydrogens is 134 g/mol. The molecule has 1 rings (SSSR count). The molecule has 1 aliphatic heterocycles. The Morgan fingerprint density at radius 1 is 1.64 bits per heavy atom. The third-order valence-corrected chi connectivity index (χ3v) is 2.31. The molecule has 11 heavy (non-hydrogen) atoms. The lowest BCUT2D eigenvalue weighted by Crippen LogP contribution is -2.24. The summed E-state index contributed by atoms with van der Waals surface area (Å²) in [6, 6.07) is 0. The van der Waals surface area contributed by atoms with E-state index >= 15 is 0 Å². The van der Waals surface area contributed by atoms with Crippen LogP contribution in [0.5, 0.6) is 0 Å². The van der Waals surface area contributed by atoms with E-state index in [1.807, 2.05) is 0 Å². The van der Waals surface area contributed by atoms with Crippen molar-refractivity contribution in [3.63, 3.8) is 0 Å². The molecule has 0 amide bonds. The van der Waals surface area contributed by atoms with Crippen LogP contribution in [0, 0.1) is 0 Å². The molecule has 0 fully saturated rings. The predicted octanol–water partition coefficient (Wildman–Crippen LogP) is 2.26. The molecule has 0 bridgehead atoms. The lowest BCUT2D eigenvalue weighted by molar-refractivity contribution is 0.677. The Hall–Kier alpha value is -0.560. The molecule has 1 aliphatic rings. The Labute approximate surface area is 69.2 Å². The largest absolute Gasteiger partial charge is 0.313 e. The second-order valence-corrected chi connectivity index (χ2v) is 3.14. The zero-order valence-electron chi connectivity index (χ0n) is 7.54. The molecule has 0 aromatic heterocycles. The number of hydrogen-bond donors (Lipinski definition) is 1. The van der Waals surface area contributed by atoms with Crippen molar-refractivity contribution in [2.75, 3.05) is 13.1 Å². The summed E-state index contributed by atoms with van der Waals surface area (Å²) in [7, 11) is 0. The smallest absolute Gasteiger partial charge is 0.0167 e. The zero-order valence-corrected chi connectivity index (χ0v) is 7.54. The molecule has 0 aromatic carbocycles. The Balaban J connectivity index is 2.74. The van der Waals surface area contributed by atoms with Gasteiger partial charge in [-0.05, 0) is 31.9 Å². The Bertz CT molecular complexity index is 189. The first-order valence-electron chi connectivity index (χ1n) is 4.33. The first-order valence-corrected chi connectivity index (χ1v) is 4.33. The molecule has 1 heteroatoms. The summed E-state index contributed by atoms with van der Waals surface area (Å²) in [6.07, 6.45) is 2.26. The molecule has 0 atom stereocenters. The van der Waals surface area contributed by atoms with Crippen LogP contribution in [0.15, 0.2) is 23.3 Å². The number of allylic oxidation sites excluding steroid dienone is 1. The van der Waals surface area contributed by atoms with Crippen LogP contribution in [0.1, 0.15) is 26.7 Å². The summed E-state index contributed by atoms with van der Waals surface area (Å²) in [6.45, 7) is 10.6. The topological polar surface area (TPSA) is 12.0 Å². The van der Waals surface area contributed by atoms with Gasteiger partial charge < -0.3 is 5.32 Å². The molecule has 0 unspecified atom stereocenters. The quantitative estimate of drug-likeness (QED) is 0.638. The van der Waals surface area contributed by atoms with Crippen LogP contribution in [0.4, 0.5) is 0 Å². The standard InChI is InChI=1S/C10H17N/c1-4-8(2)10-5-6-11-7-9(10)3/h11H,2,4-7H2,1,3H3. The summed E-state index contributed by atoms with van der Waals surface area (Å²) in [5.41, 5.74) is 4.30. The van der Waals surface area contributed by atoms with Crippen LogP contribution in [0.3, 0.4) is 0 Å². The van der Waals surface area contributed by atoms with Gasteiger partial charge in [0.15, 0.2) is 0 Å². The third-order valence-electron chi connectivity index (χ3n) is 2.31. The van der Waals surface area contributed by atoms with Crippen molar-refractivity contribution in [2.45, 2.75) is 26.7 Å². The minimum atomic E-state index is 1.05. The molecule has 0 spiro atoms. The van der Waals surface area contributed by atoms with E-state index in [1.165, 1.54) is 23.1 Å². The molecule has 0 aromatic rings. The monoisotopic (exact) mass is 151 g/mol. The Morgan fingerprint density at radius 3 is 2.91 bits per heavy atom. The molecule has 1 nitrogen and oxygen atoms in total. The third kappa shape index (κ3) is 1.93. The van der Waals surface area contributed by atoms with E-state index in [0.717, 1.165) is 19.5 Å². The fourth-order valence-corrected chi connectivity index (χ4v) is 1.50. The lowest BCUT2D eigenvalue weighted by Gasteiger charge is -2.19. The summed E-state index contributed by atoms with van der Waals surface area (Å²) >= 11 is 0. The predicted molar refractivity (Wildman–Crippen MR) is 49.6 cm³/mol. The number of rotatable bonds is 2. The Morgan fingerprint density at radius 2 is 2.36 bits per heavy atom. The molecule has 1 heterocycles. The molecule has 1 N–H and O–H groups in total. The van der Waals surface area contributed by atoms with Crippen LogP contribution in [-0.2, 0) is 0 Å². The minimum absolute atomic E-state index is 1.05. The van der Waals surface area contributed by atoms with Gasteiger partial charge in [0, 0.05) is 6.54 Å². The highest BCUT2D eigenvalue weighted by molar-refractivity contribution is 5.34. The highest BCUT2D eigenvalue weighted by Crippen LogP contribution is 2.21. The van der Waals surface area contributed by atoms with Gasteiger partial charge in [-0.2, -0.15) is 0 Å². The molecule has 0 saturated carbocycles. The van der Waals surface area contributed by atoms with Gasteiger partial charge in [0.05, 0.1) is 0 Å². The van der Waals surface area contributed by atoms with Crippen molar-refractivity contribution in [1.82, 2.24) is 5.32 Å². The first-order chi connectivity index (χ1) is 5.25. The van der Waals surface area contributed by atoms with Gasteiger partial charge in [0.2, 0.25) is 0 Å². The van der Waals surface area contributed by atoms with Gasteiger partial charge in [0.25, 0.3) is 0 Å². The van der Waals surface area contributed by atoms with E-state index in [1.54, 1.807) is 0 Å². The SMILES string of the molecule is C=C(CC)C1=C(C)CNCC1. The first kappa shape index (κ1) is 8.54. The van der Waals surface area contributed by atoms with E-state index < -0.39 is 0 Å². The second-order valence-electron chi connectivity index (χ2n) is 3.14. The van der Waals surface area contributed by atoms with Crippen molar-refractivity contribution in [1.29, 1.82) is 0 Å². The van der Waals surface area contributed by atoms with Crippen molar-refractivity contribution in [3.05, 3.63) is 23.3 Å². The Kier molecular flexibility index (Phi) is 2.89. The van der Waals surface area contributed by atoms with E-state index in [2.05, 4.69) is 25.7 Å². The van der Waals surface area contributed by atoms with Crippen LogP contribution >= 0.6 is 0 Å². The highest BCUT2D eigenvalue weighted by atomic mass is 14.9. The molecular formula is C10H17N. The van der Waals surface area contributed by atoms with Gasteiger partial charge in [-0.25, -0.2) is 0 Å². The van der Waals surface area contributed by atoms with E-state index in [0.29, 0.717) is 0 Å². The average Bonchev–Trinajstić information content (AvgIpc) is 2.04. The summed E-state index contributed by atoms with van der Waals surface area (Å²) in [4.78, 5) is 0. The lowest BCUT2D eigenvalue weighted by atomic mass is 9.95. The fraction of sp³-hybridized carbons (Fsp3) is 0.600. The zero-order chi connectivity index (χ0) is 8.27. The summed E-state index contributed by atoms with van der Waals surface area (Å²) in [5, 5.41) is 3.34. The summed E-state index contributed by atoms with van der Waals surface area (Å²) in [5.74, 6) is 0. The van der Waals surface area contributed by atoms with Gasteiger partial charge in [-0.1, -0.05) is 24.6 Å². The fourth-order valence-electron chi connectivity index (χ4n) is 1.50. The maximum Gasteiger partial charge on any atom is 0.0167 e. The van der Waals surface area contributed by atoms with Crippen LogP contribution < -0.4 is 5.32 Å². The van der Waals surface area contributed by atoms with Crippen LogP contribution in [-0.4, -0.2) is 13.1 Å². The molecule has 0 saturated heterocycles. The summed E-state index contributed by atoms with van der Waals surface area (Å²) < 4.78 is 0. The number of nitrogens with one attached hydrogen (secondary N) is 1. The van der Waals surface area contributed by atoms with Crippen molar-refractivity contribution in [3.8, 4) is 0 Å². The van der Waals surface area contributed by atoms with Crippen LogP contribution in [0.25, 0.3) is 0 Å².